The first kappa shape index (κ1) is 15.7. The summed E-state index contributed by atoms with van der Waals surface area (Å²) in [6.07, 6.45) is 2.10. The number of rotatable bonds is 3. The molecule has 0 aliphatic heterocycles. The molecule has 0 saturated carbocycles. The molecular weight excluding hydrogens is 294 g/mol. The molecule has 1 aromatic heterocycles. The molecule has 3 aromatic rings. The highest BCUT2D eigenvalue weighted by Gasteiger charge is 2.20. The van der Waals surface area contributed by atoms with E-state index in [4.69, 9.17) is 4.98 Å². The first-order valence-electron chi connectivity index (χ1n) is 8.09. The van der Waals surface area contributed by atoms with Gasteiger partial charge in [-0.05, 0) is 34.9 Å². The Balaban J connectivity index is 2.12. The highest BCUT2D eigenvalue weighted by atomic mass is 28.3. The van der Waals surface area contributed by atoms with Gasteiger partial charge in [0.2, 0.25) is 0 Å². The number of benzene rings is 2. The van der Waals surface area contributed by atoms with Crippen molar-refractivity contribution in [3.05, 3.63) is 72.4 Å². The lowest BCUT2D eigenvalue weighted by atomic mass is 9.97. The molecule has 0 spiro atoms. The maximum Gasteiger partial charge on any atom is 0.0799 e. The van der Waals surface area contributed by atoms with Gasteiger partial charge >= 0.3 is 0 Å². The lowest BCUT2D eigenvalue weighted by Gasteiger charge is -2.20. The molecule has 1 nitrogen and oxygen atoms in total. The lowest BCUT2D eigenvalue weighted by Crippen LogP contribution is -2.39. The van der Waals surface area contributed by atoms with Crippen molar-refractivity contribution in [2.75, 3.05) is 0 Å². The molecular formula is C21H23NSi. The molecule has 3 rings (SSSR count). The summed E-state index contributed by atoms with van der Waals surface area (Å²) in [5.74, 6) is 0. The third-order valence-electron chi connectivity index (χ3n) is 4.21. The van der Waals surface area contributed by atoms with Crippen LogP contribution in [0.25, 0.3) is 22.4 Å². The summed E-state index contributed by atoms with van der Waals surface area (Å²) in [4.78, 5) is 4.80. The van der Waals surface area contributed by atoms with Crippen LogP contribution in [0.15, 0.2) is 66.9 Å². The molecule has 116 valence electrons. The standard InChI is InChI=1S/C21H23NSi/c1-16-14-20(22-15-21(16)23(2,3)4)19-13-9-8-12-18(19)17-10-6-5-7-11-17/h5-15H,1-4H3. The quantitative estimate of drug-likeness (QED) is 0.600. The van der Waals surface area contributed by atoms with E-state index >= 15 is 0 Å². The van der Waals surface area contributed by atoms with Gasteiger partial charge in [0, 0.05) is 11.8 Å². The number of nitrogens with zero attached hydrogens (tertiary/aromatic N) is 1. The van der Waals surface area contributed by atoms with Gasteiger partial charge in [-0.3, -0.25) is 4.98 Å². The zero-order chi connectivity index (χ0) is 16.4. The molecule has 0 aliphatic rings. The monoisotopic (exact) mass is 317 g/mol. The topological polar surface area (TPSA) is 12.9 Å². The van der Waals surface area contributed by atoms with Gasteiger partial charge in [0.1, 0.15) is 0 Å². The fourth-order valence-electron chi connectivity index (χ4n) is 3.06. The second-order valence-electron chi connectivity index (χ2n) is 7.05. The highest BCUT2D eigenvalue weighted by Crippen LogP contribution is 2.30. The summed E-state index contributed by atoms with van der Waals surface area (Å²) in [7, 11) is -1.34. The van der Waals surface area contributed by atoms with Crippen molar-refractivity contribution in [3.63, 3.8) is 0 Å². The maximum absolute atomic E-state index is 4.80. The van der Waals surface area contributed by atoms with E-state index < -0.39 is 8.07 Å². The summed E-state index contributed by atoms with van der Waals surface area (Å²) >= 11 is 0. The normalized spacial score (nSPS) is 11.5. The number of aromatic nitrogens is 1. The van der Waals surface area contributed by atoms with E-state index in [1.165, 1.54) is 27.4 Å². The van der Waals surface area contributed by atoms with Crippen molar-refractivity contribution in [3.8, 4) is 22.4 Å². The Morgan fingerprint density at radius 1 is 0.783 bits per heavy atom. The molecule has 2 heteroatoms. The van der Waals surface area contributed by atoms with Crippen LogP contribution in [0, 0.1) is 6.92 Å². The molecule has 23 heavy (non-hydrogen) atoms. The average Bonchev–Trinajstić information content (AvgIpc) is 2.54. The van der Waals surface area contributed by atoms with Crippen molar-refractivity contribution in [2.24, 2.45) is 0 Å². The Hall–Kier alpha value is -2.19. The van der Waals surface area contributed by atoms with Crippen molar-refractivity contribution in [1.29, 1.82) is 0 Å². The number of hydrogen-bond donors (Lipinski definition) is 0. The van der Waals surface area contributed by atoms with Gasteiger partial charge in [0.05, 0.1) is 13.8 Å². The smallest absolute Gasteiger partial charge is 0.0799 e. The maximum atomic E-state index is 4.80. The molecule has 0 N–H and O–H groups in total. The first-order valence-corrected chi connectivity index (χ1v) is 11.6. The second kappa shape index (κ2) is 6.13. The van der Waals surface area contributed by atoms with Crippen LogP contribution >= 0.6 is 0 Å². The summed E-state index contributed by atoms with van der Waals surface area (Å²) in [5, 5.41) is 1.44. The molecule has 0 amide bonds. The number of pyridine rings is 1. The molecule has 1 heterocycles. The SMILES string of the molecule is Cc1cc(-c2ccccc2-c2ccccc2)ncc1[Si](C)(C)C. The molecule has 2 aromatic carbocycles. The molecule has 0 aliphatic carbocycles. The van der Waals surface area contributed by atoms with E-state index in [0.717, 1.165) is 5.69 Å². The van der Waals surface area contributed by atoms with Crippen LogP contribution in [0.2, 0.25) is 19.6 Å². The van der Waals surface area contributed by atoms with Crippen LogP contribution in [-0.2, 0) is 0 Å². The minimum atomic E-state index is -1.34. The summed E-state index contributed by atoms with van der Waals surface area (Å²) in [5.41, 5.74) is 6.09. The van der Waals surface area contributed by atoms with Gasteiger partial charge in [-0.2, -0.15) is 0 Å². The van der Waals surface area contributed by atoms with Crippen LogP contribution in [0.4, 0.5) is 0 Å². The van der Waals surface area contributed by atoms with E-state index in [1.807, 2.05) is 0 Å². The third-order valence-corrected chi connectivity index (χ3v) is 6.35. The number of aryl methyl sites for hydroxylation is 1. The Kier molecular flexibility index (Phi) is 4.18. The van der Waals surface area contributed by atoms with E-state index in [0.29, 0.717) is 0 Å². The third kappa shape index (κ3) is 3.27. The van der Waals surface area contributed by atoms with Crippen LogP contribution < -0.4 is 5.19 Å². The molecule has 0 fully saturated rings. The number of hydrogen-bond acceptors (Lipinski definition) is 1. The minimum absolute atomic E-state index is 1.06. The largest absolute Gasteiger partial charge is 0.256 e. The summed E-state index contributed by atoms with van der Waals surface area (Å²) in [6, 6.07) is 21.3. The van der Waals surface area contributed by atoms with Crippen molar-refractivity contribution < 1.29 is 0 Å². The Morgan fingerprint density at radius 2 is 1.39 bits per heavy atom. The van der Waals surface area contributed by atoms with E-state index in [9.17, 15) is 0 Å². The average molecular weight is 318 g/mol. The minimum Gasteiger partial charge on any atom is -0.256 e. The van der Waals surface area contributed by atoms with Gasteiger partial charge in [-0.15, -0.1) is 0 Å². The lowest BCUT2D eigenvalue weighted by molar-refractivity contribution is 1.30. The zero-order valence-corrected chi connectivity index (χ0v) is 15.3. The van der Waals surface area contributed by atoms with Gasteiger partial charge in [-0.1, -0.05) is 74.2 Å². The zero-order valence-electron chi connectivity index (χ0n) is 14.3. The van der Waals surface area contributed by atoms with Crippen LogP contribution in [-0.4, -0.2) is 13.1 Å². The first-order chi connectivity index (χ1) is 11.0. The van der Waals surface area contributed by atoms with Gasteiger partial charge in [-0.25, -0.2) is 0 Å². The van der Waals surface area contributed by atoms with Crippen LogP contribution in [0.1, 0.15) is 5.56 Å². The van der Waals surface area contributed by atoms with Gasteiger partial charge in [0.15, 0.2) is 0 Å². The van der Waals surface area contributed by atoms with Crippen molar-refractivity contribution >= 4 is 13.3 Å². The van der Waals surface area contributed by atoms with Crippen LogP contribution in [0.5, 0.6) is 0 Å². The summed E-state index contributed by atoms with van der Waals surface area (Å²) < 4.78 is 0. The van der Waals surface area contributed by atoms with E-state index in [2.05, 4.69) is 93.4 Å². The predicted octanol–water partition coefficient (Wildman–Crippen LogP) is 5.27. The van der Waals surface area contributed by atoms with Gasteiger partial charge in [0.25, 0.3) is 0 Å². The van der Waals surface area contributed by atoms with E-state index in [-0.39, 0.29) is 0 Å². The van der Waals surface area contributed by atoms with Crippen molar-refractivity contribution in [2.45, 2.75) is 26.6 Å². The Labute approximate surface area is 140 Å². The van der Waals surface area contributed by atoms with E-state index in [1.54, 1.807) is 0 Å². The summed E-state index contributed by atoms with van der Waals surface area (Å²) in [6.45, 7) is 9.32. The highest BCUT2D eigenvalue weighted by molar-refractivity contribution is 6.89. The molecule has 0 atom stereocenters. The van der Waals surface area contributed by atoms with Crippen LogP contribution in [0.3, 0.4) is 0 Å². The van der Waals surface area contributed by atoms with Crippen molar-refractivity contribution in [1.82, 2.24) is 4.98 Å². The van der Waals surface area contributed by atoms with Gasteiger partial charge < -0.3 is 0 Å². The molecule has 0 radical (unpaired) electrons. The fourth-order valence-corrected chi connectivity index (χ4v) is 4.77. The second-order valence-corrected chi connectivity index (χ2v) is 12.1. The Morgan fingerprint density at radius 3 is 2.00 bits per heavy atom. The Bertz CT molecular complexity index is 817. The fraction of sp³-hybridized carbons (Fsp3) is 0.190. The molecule has 0 unspecified atom stereocenters. The molecule has 0 saturated heterocycles. The molecule has 0 bridgehead atoms. The predicted molar refractivity (Wildman–Crippen MR) is 103 cm³/mol.